The molecule has 7 nitrogen and oxygen atoms in total. The summed E-state index contributed by atoms with van der Waals surface area (Å²) in [4.78, 5) is 25.4. The lowest BCUT2D eigenvalue weighted by Gasteiger charge is -2.21. The first-order valence-electron chi connectivity index (χ1n) is 9.70. The standard InChI is InChI=1S/C23H27FO7/c1-8-15-12(4)16(22(27)30-9-29-7)10(2)11(3)21(15)31-23(28)17-13(5)18(24)20(26)14(6)19(17)25/h25-26H,8-9H2,1-7H3. The maximum Gasteiger partial charge on any atom is 0.347 e. The Hall–Kier alpha value is -3.13. The van der Waals surface area contributed by atoms with Crippen molar-refractivity contribution in [1.29, 1.82) is 0 Å². The summed E-state index contributed by atoms with van der Waals surface area (Å²) in [7, 11) is 1.41. The van der Waals surface area contributed by atoms with Crippen molar-refractivity contribution >= 4 is 11.9 Å². The van der Waals surface area contributed by atoms with Crippen LogP contribution >= 0.6 is 0 Å². The van der Waals surface area contributed by atoms with Crippen LogP contribution in [0.3, 0.4) is 0 Å². The van der Waals surface area contributed by atoms with Crippen LogP contribution in [-0.2, 0) is 15.9 Å². The molecule has 2 aromatic carbocycles. The Morgan fingerprint density at radius 3 is 2.00 bits per heavy atom. The highest BCUT2D eigenvalue weighted by Crippen LogP contribution is 2.38. The molecule has 0 atom stereocenters. The lowest BCUT2D eigenvalue weighted by Crippen LogP contribution is -2.18. The molecule has 168 valence electrons. The minimum absolute atomic E-state index is 0.161. The number of carbonyl (C=O) groups excluding carboxylic acids is 2. The summed E-state index contributed by atoms with van der Waals surface area (Å²) >= 11 is 0. The second-order valence-electron chi connectivity index (χ2n) is 7.28. The zero-order valence-corrected chi connectivity index (χ0v) is 18.7. The van der Waals surface area contributed by atoms with Gasteiger partial charge in [0, 0.05) is 18.2 Å². The number of hydrogen-bond acceptors (Lipinski definition) is 7. The van der Waals surface area contributed by atoms with Crippen LogP contribution in [0, 0.1) is 40.4 Å². The van der Waals surface area contributed by atoms with Crippen LogP contribution in [0.4, 0.5) is 4.39 Å². The molecule has 0 fully saturated rings. The number of hydrogen-bond donors (Lipinski definition) is 2. The molecule has 0 unspecified atom stereocenters. The summed E-state index contributed by atoms with van der Waals surface area (Å²) in [5.74, 6) is -3.57. The van der Waals surface area contributed by atoms with Crippen molar-refractivity contribution in [3.8, 4) is 17.2 Å². The third kappa shape index (κ3) is 4.20. The Morgan fingerprint density at radius 1 is 0.839 bits per heavy atom. The maximum atomic E-state index is 14.3. The van der Waals surface area contributed by atoms with Crippen LogP contribution in [0.25, 0.3) is 0 Å². The minimum Gasteiger partial charge on any atom is -0.507 e. The van der Waals surface area contributed by atoms with E-state index in [1.54, 1.807) is 20.8 Å². The molecule has 0 radical (unpaired) electrons. The first-order valence-corrected chi connectivity index (χ1v) is 9.70. The monoisotopic (exact) mass is 434 g/mol. The van der Waals surface area contributed by atoms with Crippen LogP contribution in [-0.4, -0.2) is 36.1 Å². The van der Waals surface area contributed by atoms with Crippen LogP contribution in [0.5, 0.6) is 17.2 Å². The molecular formula is C23H27FO7. The van der Waals surface area contributed by atoms with Crippen molar-refractivity contribution < 1.29 is 38.4 Å². The third-order valence-corrected chi connectivity index (χ3v) is 5.50. The quantitative estimate of drug-likeness (QED) is 0.396. The molecule has 2 aromatic rings. The van der Waals surface area contributed by atoms with Gasteiger partial charge in [-0.15, -0.1) is 0 Å². The average Bonchev–Trinajstić information content (AvgIpc) is 2.73. The highest BCUT2D eigenvalue weighted by molar-refractivity contribution is 5.98. The Bertz CT molecular complexity index is 1030. The zero-order chi connectivity index (χ0) is 23.6. The summed E-state index contributed by atoms with van der Waals surface area (Å²) in [6.07, 6.45) is 0.439. The molecule has 2 rings (SSSR count). The van der Waals surface area contributed by atoms with E-state index in [0.717, 1.165) is 0 Å². The van der Waals surface area contributed by atoms with Crippen LogP contribution in [0.1, 0.15) is 61.0 Å². The summed E-state index contributed by atoms with van der Waals surface area (Å²) in [5.41, 5.74) is 1.89. The Balaban J connectivity index is 2.61. The van der Waals surface area contributed by atoms with Crippen LogP contribution in [0.2, 0.25) is 0 Å². The van der Waals surface area contributed by atoms with Crippen LogP contribution < -0.4 is 4.74 Å². The summed E-state index contributed by atoms with van der Waals surface area (Å²) < 4.78 is 29.8. The molecule has 0 aliphatic carbocycles. The molecule has 0 spiro atoms. The number of esters is 2. The number of rotatable bonds is 6. The number of carbonyl (C=O) groups is 2. The van der Waals surface area contributed by atoms with Gasteiger partial charge in [0.05, 0.1) is 5.56 Å². The minimum atomic E-state index is -1.00. The van der Waals surface area contributed by atoms with Crippen LogP contribution in [0.15, 0.2) is 0 Å². The zero-order valence-electron chi connectivity index (χ0n) is 18.7. The molecule has 0 aliphatic heterocycles. The highest BCUT2D eigenvalue weighted by Gasteiger charge is 2.28. The van der Waals surface area contributed by atoms with Gasteiger partial charge in [-0.25, -0.2) is 14.0 Å². The average molecular weight is 434 g/mol. The molecule has 0 saturated carbocycles. The number of ether oxygens (including phenoxy) is 3. The Kier molecular flexibility index (Phi) is 7.28. The lowest BCUT2D eigenvalue weighted by molar-refractivity contribution is -0.0126. The van der Waals surface area contributed by atoms with E-state index >= 15 is 0 Å². The van der Waals surface area contributed by atoms with E-state index in [-0.39, 0.29) is 29.2 Å². The molecule has 2 N–H and O–H groups in total. The van der Waals surface area contributed by atoms with E-state index in [1.165, 1.54) is 21.0 Å². The second kappa shape index (κ2) is 9.34. The maximum absolute atomic E-state index is 14.3. The van der Waals surface area contributed by atoms with E-state index in [2.05, 4.69) is 0 Å². The van der Waals surface area contributed by atoms with E-state index in [4.69, 9.17) is 14.2 Å². The normalized spacial score (nSPS) is 10.8. The third-order valence-electron chi connectivity index (χ3n) is 5.50. The largest absolute Gasteiger partial charge is 0.507 e. The fraction of sp³-hybridized carbons (Fsp3) is 0.391. The van der Waals surface area contributed by atoms with Crippen molar-refractivity contribution in [1.82, 2.24) is 0 Å². The molecule has 0 aromatic heterocycles. The fourth-order valence-electron chi connectivity index (χ4n) is 3.56. The van der Waals surface area contributed by atoms with Crippen molar-refractivity contribution in [2.75, 3.05) is 13.9 Å². The van der Waals surface area contributed by atoms with E-state index < -0.39 is 29.3 Å². The molecule has 8 heteroatoms. The van der Waals surface area contributed by atoms with Gasteiger partial charge in [-0.05, 0) is 63.3 Å². The summed E-state index contributed by atoms with van der Waals surface area (Å²) in [5, 5.41) is 20.1. The van der Waals surface area contributed by atoms with Gasteiger partial charge in [0.1, 0.15) is 17.1 Å². The molecule has 0 heterocycles. The number of halogens is 1. The van der Waals surface area contributed by atoms with Gasteiger partial charge < -0.3 is 24.4 Å². The number of benzene rings is 2. The molecule has 31 heavy (non-hydrogen) atoms. The second-order valence-corrected chi connectivity index (χ2v) is 7.28. The van der Waals surface area contributed by atoms with Crippen molar-refractivity contribution in [3.05, 3.63) is 50.3 Å². The molecule has 0 bridgehead atoms. The summed E-state index contributed by atoms with van der Waals surface area (Å²) in [6.45, 7) is 9.32. The van der Waals surface area contributed by atoms with Gasteiger partial charge in [-0.2, -0.15) is 0 Å². The smallest absolute Gasteiger partial charge is 0.347 e. The predicted octanol–water partition coefficient (Wildman–Crippen LogP) is 4.32. The highest BCUT2D eigenvalue weighted by atomic mass is 19.1. The molecular weight excluding hydrogens is 407 g/mol. The predicted molar refractivity (Wildman–Crippen MR) is 111 cm³/mol. The van der Waals surface area contributed by atoms with Gasteiger partial charge in [0.25, 0.3) is 0 Å². The number of aromatic hydroxyl groups is 2. The van der Waals surface area contributed by atoms with Crippen molar-refractivity contribution in [2.24, 2.45) is 0 Å². The summed E-state index contributed by atoms with van der Waals surface area (Å²) in [6, 6.07) is 0. The first kappa shape index (κ1) is 24.1. The Morgan fingerprint density at radius 2 is 1.45 bits per heavy atom. The van der Waals surface area contributed by atoms with E-state index in [1.807, 2.05) is 6.92 Å². The van der Waals surface area contributed by atoms with Gasteiger partial charge >= 0.3 is 11.9 Å². The van der Waals surface area contributed by atoms with Gasteiger partial charge in [0.15, 0.2) is 18.4 Å². The van der Waals surface area contributed by atoms with Gasteiger partial charge in [-0.1, -0.05) is 6.92 Å². The molecule has 0 amide bonds. The van der Waals surface area contributed by atoms with E-state index in [9.17, 15) is 24.2 Å². The SMILES string of the molecule is CCc1c(C)c(C(=O)OCOC)c(C)c(C)c1OC(=O)c1c(C)c(F)c(O)c(C)c1O. The van der Waals surface area contributed by atoms with Gasteiger partial charge in [0.2, 0.25) is 0 Å². The fourth-order valence-corrected chi connectivity index (χ4v) is 3.56. The van der Waals surface area contributed by atoms with Gasteiger partial charge in [-0.3, -0.25) is 0 Å². The number of phenolic OH excluding ortho intramolecular Hbond substituents is 2. The topological polar surface area (TPSA) is 102 Å². The van der Waals surface area contributed by atoms with Crippen molar-refractivity contribution in [2.45, 2.75) is 48.0 Å². The first-order chi connectivity index (χ1) is 14.5. The van der Waals surface area contributed by atoms with Crippen molar-refractivity contribution in [3.63, 3.8) is 0 Å². The molecule has 0 aliphatic rings. The Labute approximate surface area is 180 Å². The lowest BCUT2D eigenvalue weighted by atomic mass is 9.91. The number of methoxy groups -OCH3 is 1. The van der Waals surface area contributed by atoms with E-state index in [0.29, 0.717) is 34.2 Å². The number of phenols is 2. The molecule has 0 saturated heterocycles.